The lowest BCUT2D eigenvalue weighted by Crippen LogP contribution is -2.26. The number of carboxylic acids is 1. The van der Waals surface area contributed by atoms with Crippen LogP contribution in [0.5, 0.6) is 0 Å². The summed E-state index contributed by atoms with van der Waals surface area (Å²) in [6, 6.07) is 26.6. The van der Waals surface area contributed by atoms with Crippen LogP contribution in [0.25, 0.3) is 10.8 Å². The number of fused-ring (bicyclic) bond motifs is 2. The molecule has 1 aromatic heterocycles. The van der Waals surface area contributed by atoms with Gasteiger partial charge < -0.3 is 20.5 Å². The summed E-state index contributed by atoms with van der Waals surface area (Å²) in [5, 5.41) is 16.6. The van der Waals surface area contributed by atoms with E-state index in [-0.39, 0.29) is 22.4 Å². The van der Waals surface area contributed by atoms with Crippen molar-refractivity contribution in [2.75, 3.05) is 17.7 Å². The van der Waals surface area contributed by atoms with Gasteiger partial charge in [0.2, 0.25) is 5.91 Å². The van der Waals surface area contributed by atoms with Crippen LogP contribution in [-0.4, -0.2) is 36.0 Å². The summed E-state index contributed by atoms with van der Waals surface area (Å²) < 4.78 is 5.18. The highest BCUT2D eigenvalue weighted by Gasteiger charge is 2.35. The number of rotatable bonds is 9. The molecule has 1 aliphatic rings. The molecule has 4 aromatic carbocycles. The van der Waals surface area contributed by atoms with Crippen molar-refractivity contribution in [3.63, 3.8) is 0 Å². The molecule has 8 nitrogen and oxygen atoms in total. The van der Waals surface area contributed by atoms with Gasteiger partial charge >= 0.3 is 11.9 Å². The number of nitrogens with one attached hydrogen (secondary N) is 2. The third-order valence-corrected chi connectivity index (χ3v) is 11.6. The molecule has 10 heteroatoms. The van der Waals surface area contributed by atoms with Gasteiger partial charge in [0, 0.05) is 26.4 Å². The summed E-state index contributed by atoms with van der Waals surface area (Å²) >= 11 is 2.78. The van der Waals surface area contributed by atoms with E-state index in [0.29, 0.717) is 32.9 Å². The summed E-state index contributed by atoms with van der Waals surface area (Å²) in [7, 11) is 1.36. The summed E-state index contributed by atoms with van der Waals surface area (Å²) in [5.41, 5.74) is 3.08. The average Bonchev–Trinajstić information content (AvgIpc) is 3.46. The molecule has 5 aromatic rings. The monoisotopic (exact) mass is 706 g/mol. The Labute approximate surface area is 299 Å². The molecule has 0 radical (unpaired) electrons. The number of carboxylic acid groups (broad SMARTS) is 1. The number of benzene rings is 4. The first-order chi connectivity index (χ1) is 23.9. The van der Waals surface area contributed by atoms with Crippen molar-refractivity contribution in [3.05, 3.63) is 124 Å². The first kappa shape index (κ1) is 34.9. The van der Waals surface area contributed by atoms with Gasteiger partial charge in [-0.25, -0.2) is 9.59 Å². The van der Waals surface area contributed by atoms with E-state index in [4.69, 9.17) is 4.74 Å². The predicted molar refractivity (Wildman–Crippen MR) is 200 cm³/mol. The number of esters is 1. The molecule has 3 N–H and O–H groups in total. The first-order valence-corrected chi connectivity index (χ1v) is 18.1. The molecule has 0 aliphatic heterocycles. The molecule has 50 heavy (non-hydrogen) atoms. The highest BCUT2D eigenvalue weighted by Crippen LogP contribution is 2.45. The maximum Gasteiger partial charge on any atom is 0.341 e. The number of ether oxygens (including phenoxy) is 1. The topological polar surface area (TPSA) is 122 Å². The number of anilines is 2. The summed E-state index contributed by atoms with van der Waals surface area (Å²) in [4.78, 5) is 54.6. The van der Waals surface area contributed by atoms with Crippen molar-refractivity contribution in [2.45, 2.75) is 50.2 Å². The molecule has 0 spiro atoms. The van der Waals surface area contributed by atoms with E-state index >= 15 is 0 Å². The van der Waals surface area contributed by atoms with Crippen LogP contribution in [0.15, 0.2) is 95.9 Å². The van der Waals surface area contributed by atoms with E-state index in [1.54, 1.807) is 48.5 Å². The Morgan fingerprint density at radius 3 is 2.28 bits per heavy atom. The Bertz CT molecular complexity index is 2100. The molecule has 0 fully saturated rings. The highest BCUT2D eigenvalue weighted by molar-refractivity contribution is 8.00. The number of thioether (sulfide) groups is 1. The van der Waals surface area contributed by atoms with Gasteiger partial charge in [-0.05, 0) is 77.4 Å². The normalized spacial score (nSPS) is 14.8. The largest absolute Gasteiger partial charge is 0.478 e. The van der Waals surface area contributed by atoms with Gasteiger partial charge in [0.1, 0.15) is 10.3 Å². The maximum absolute atomic E-state index is 14.2. The molecular formula is C40H38N2O6S2. The lowest BCUT2D eigenvalue weighted by atomic mass is 9.72. The fourth-order valence-corrected chi connectivity index (χ4v) is 8.90. The van der Waals surface area contributed by atoms with E-state index < -0.39 is 23.1 Å². The molecular weight excluding hydrogens is 669 g/mol. The lowest BCUT2D eigenvalue weighted by molar-refractivity contribution is -0.115. The first-order valence-electron chi connectivity index (χ1n) is 16.4. The minimum absolute atomic E-state index is 0.0465. The second-order valence-corrected chi connectivity index (χ2v) is 15.7. The van der Waals surface area contributed by atoms with Gasteiger partial charge in [-0.3, -0.25) is 9.59 Å². The second kappa shape index (κ2) is 14.5. The molecule has 6 rings (SSSR count). The van der Waals surface area contributed by atoms with Crippen LogP contribution < -0.4 is 10.6 Å². The third kappa shape index (κ3) is 7.32. The van der Waals surface area contributed by atoms with Gasteiger partial charge in [0.25, 0.3) is 5.91 Å². The van der Waals surface area contributed by atoms with E-state index in [1.807, 2.05) is 36.4 Å². The van der Waals surface area contributed by atoms with E-state index in [2.05, 4.69) is 31.4 Å². The fraction of sp³-hybridized carbons (Fsp3) is 0.250. The van der Waals surface area contributed by atoms with Crippen LogP contribution in [0.4, 0.5) is 10.7 Å². The number of aromatic carboxylic acids is 1. The maximum atomic E-state index is 14.2. The molecule has 1 heterocycles. The zero-order chi connectivity index (χ0) is 35.6. The zero-order valence-electron chi connectivity index (χ0n) is 28.2. The van der Waals surface area contributed by atoms with Crippen LogP contribution in [0, 0.1) is 11.3 Å². The van der Waals surface area contributed by atoms with Crippen molar-refractivity contribution in [1.29, 1.82) is 0 Å². The molecule has 2 amide bonds. The average molecular weight is 707 g/mol. The van der Waals surface area contributed by atoms with Gasteiger partial charge in [0.05, 0.1) is 18.2 Å². The minimum Gasteiger partial charge on any atom is -0.478 e. The SMILES string of the molecule is COC(=O)c1c(NC(=O)C(Sc2cccc(NC(=O)c3cccc4cccc(C(=O)O)c34)c2)c2ccccc2)sc2c1CCC(C(C)(C)C)C2. The van der Waals surface area contributed by atoms with Gasteiger partial charge in [-0.1, -0.05) is 81.4 Å². The third-order valence-electron chi connectivity index (χ3n) is 9.18. The van der Waals surface area contributed by atoms with Crippen LogP contribution in [0.3, 0.4) is 0 Å². The lowest BCUT2D eigenvalue weighted by Gasteiger charge is -2.33. The van der Waals surface area contributed by atoms with Gasteiger partial charge in [-0.2, -0.15) is 0 Å². The number of hydrogen-bond acceptors (Lipinski definition) is 7. The van der Waals surface area contributed by atoms with Crippen molar-refractivity contribution in [2.24, 2.45) is 11.3 Å². The Morgan fingerprint density at radius 2 is 1.60 bits per heavy atom. The highest BCUT2D eigenvalue weighted by atomic mass is 32.2. The Hall–Kier alpha value is -4.93. The van der Waals surface area contributed by atoms with E-state index in [0.717, 1.165) is 40.2 Å². The standard InChI is InChI=1S/C40H38N2O6S2/c1-40(2,3)25-19-20-28-31(21-25)50-37(33(28)39(47)48-4)42-36(44)34(24-11-6-5-7-12-24)49-27-16-10-15-26(22-27)41-35(43)29-17-8-13-23-14-9-18-30(32(23)29)38(45)46/h5-18,22,25,34H,19-21H2,1-4H3,(H,41,43)(H,42,44)(H,45,46). The predicted octanol–water partition coefficient (Wildman–Crippen LogP) is 9.26. The van der Waals surface area contributed by atoms with E-state index in [1.165, 1.54) is 36.3 Å². The van der Waals surface area contributed by atoms with E-state index in [9.17, 15) is 24.3 Å². The van der Waals surface area contributed by atoms with Gasteiger partial charge in [0.15, 0.2) is 0 Å². The number of hydrogen-bond donors (Lipinski definition) is 3. The van der Waals surface area contributed by atoms with Gasteiger partial charge in [-0.15, -0.1) is 23.1 Å². The zero-order valence-corrected chi connectivity index (χ0v) is 29.9. The summed E-state index contributed by atoms with van der Waals surface area (Å²) in [6.45, 7) is 6.71. The quantitative estimate of drug-likeness (QED) is 0.103. The molecule has 256 valence electrons. The van der Waals surface area contributed by atoms with Crippen molar-refractivity contribution < 1.29 is 29.0 Å². The Balaban J connectivity index is 1.27. The molecule has 1 aliphatic carbocycles. The minimum atomic E-state index is -1.12. The van der Waals surface area contributed by atoms with Crippen molar-refractivity contribution >= 4 is 68.3 Å². The van der Waals surface area contributed by atoms with Crippen molar-refractivity contribution in [3.8, 4) is 0 Å². The van der Waals surface area contributed by atoms with Crippen molar-refractivity contribution in [1.82, 2.24) is 0 Å². The molecule has 0 saturated carbocycles. The molecule has 0 saturated heterocycles. The van der Waals surface area contributed by atoms with Crippen LogP contribution in [0.2, 0.25) is 0 Å². The molecule has 2 unspecified atom stereocenters. The summed E-state index contributed by atoms with van der Waals surface area (Å²) in [6.07, 6.45) is 2.55. The number of amides is 2. The number of methoxy groups -OCH3 is 1. The second-order valence-electron chi connectivity index (χ2n) is 13.4. The van der Waals surface area contributed by atoms with Crippen LogP contribution in [0.1, 0.15) is 79.5 Å². The fourth-order valence-electron chi connectivity index (χ4n) is 6.50. The molecule has 2 atom stereocenters. The number of carbonyl (C=O) groups is 4. The van der Waals surface area contributed by atoms with Crippen LogP contribution >= 0.6 is 23.1 Å². The number of carbonyl (C=O) groups excluding carboxylic acids is 3. The Morgan fingerprint density at radius 1 is 0.900 bits per heavy atom. The molecule has 0 bridgehead atoms. The Kier molecular flexibility index (Phi) is 10.1. The summed E-state index contributed by atoms with van der Waals surface area (Å²) in [5.74, 6) is -1.85. The smallest absolute Gasteiger partial charge is 0.341 e. The number of thiophene rings is 1. The van der Waals surface area contributed by atoms with Crippen LogP contribution in [-0.2, 0) is 22.4 Å².